The van der Waals surface area contributed by atoms with Crippen LogP contribution in [0.25, 0.3) is 0 Å². The Bertz CT molecular complexity index is 1100. The fraction of sp³-hybridized carbons (Fsp3) is 0.417. The first-order chi connectivity index (χ1) is 17.0. The predicted octanol–water partition coefficient (Wildman–Crippen LogP) is 2.60. The molecule has 3 aromatic rings. The van der Waals surface area contributed by atoms with Gasteiger partial charge >= 0.3 is 0 Å². The van der Waals surface area contributed by atoms with E-state index in [2.05, 4.69) is 37.4 Å². The Hall–Kier alpha value is -3.57. The molecule has 0 unspecified atom stereocenters. The summed E-state index contributed by atoms with van der Waals surface area (Å²) in [6.07, 6.45) is 4.99. The number of hydrazine groups is 1. The number of piperazine rings is 1. The largest absolute Gasteiger partial charge is 0.490 e. The van der Waals surface area contributed by atoms with Crippen LogP contribution in [0.4, 0.5) is 10.1 Å². The van der Waals surface area contributed by atoms with Crippen molar-refractivity contribution in [2.75, 3.05) is 51.8 Å². The van der Waals surface area contributed by atoms with Crippen molar-refractivity contribution < 1.29 is 18.4 Å². The Labute approximate surface area is 203 Å². The maximum Gasteiger partial charge on any atom is 0.275 e. The van der Waals surface area contributed by atoms with Gasteiger partial charge in [0.2, 0.25) is 0 Å². The van der Waals surface area contributed by atoms with E-state index in [1.165, 1.54) is 29.8 Å². The van der Waals surface area contributed by atoms with Gasteiger partial charge in [-0.05, 0) is 32.5 Å². The molecular formula is C24H30FN7O3. The van der Waals surface area contributed by atoms with Crippen molar-refractivity contribution in [2.45, 2.75) is 19.9 Å². The van der Waals surface area contributed by atoms with E-state index >= 15 is 0 Å². The van der Waals surface area contributed by atoms with Crippen LogP contribution in [-0.2, 0) is 6.54 Å². The number of carbonyl (C=O) groups is 1. The Morgan fingerprint density at radius 3 is 2.66 bits per heavy atom. The monoisotopic (exact) mass is 483 g/mol. The van der Waals surface area contributed by atoms with Gasteiger partial charge in [-0.2, -0.15) is 0 Å². The van der Waals surface area contributed by atoms with Crippen molar-refractivity contribution in [3.63, 3.8) is 0 Å². The van der Waals surface area contributed by atoms with Gasteiger partial charge in [-0.1, -0.05) is 5.16 Å². The van der Waals surface area contributed by atoms with Gasteiger partial charge in [0.25, 0.3) is 5.91 Å². The number of likely N-dealkylation sites (N-methyl/N-ethyl adjacent to an activating group) is 1. The van der Waals surface area contributed by atoms with Crippen LogP contribution < -0.4 is 10.2 Å². The molecule has 1 aliphatic rings. The normalized spacial score (nSPS) is 14.6. The van der Waals surface area contributed by atoms with Crippen LogP contribution in [0.1, 0.15) is 28.2 Å². The van der Waals surface area contributed by atoms with Gasteiger partial charge in [0.15, 0.2) is 11.6 Å². The van der Waals surface area contributed by atoms with Crippen LogP contribution in [0.5, 0.6) is 5.75 Å². The number of aryl methyl sites for hydroxylation is 1. The zero-order chi connectivity index (χ0) is 24.6. The molecule has 2 aromatic heterocycles. The number of amides is 1. The van der Waals surface area contributed by atoms with Crippen molar-refractivity contribution in [2.24, 2.45) is 0 Å². The molecule has 0 spiro atoms. The number of ether oxygens (including phenoxy) is 1. The SMILES string of the molecule is Cc1cc(CN(Nc2ccc(OCCCN3CCN(C)CC3)c(F)c2)C(=O)c2cncnc2)no1. The van der Waals surface area contributed by atoms with E-state index in [1.54, 1.807) is 25.1 Å². The molecule has 1 saturated heterocycles. The number of halogens is 1. The minimum absolute atomic E-state index is 0.0945. The predicted molar refractivity (Wildman–Crippen MR) is 127 cm³/mol. The van der Waals surface area contributed by atoms with Crippen molar-refractivity contribution in [1.82, 2.24) is 29.9 Å². The van der Waals surface area contributed by atoms with Gasteiger partial charge in [0, 0.05) is 57.3 Å². The number of rotatable bonds is 10. The molecule has 1 amide bonds. The van der Waals surface area contributed by atoms with Crippen molar-refractivity contribution >= 4 is 11.6 Å². The highest BCUT2D eigenvalue weighted by molar-refractivity contribution is 5.94. The topological polar surface area (TPSA) is 99.9 Å². The number of carbonyl (C=O) groups excluding carboxylic acids is 1. The fourth-order valence-corrected chi connectivity index (χ4v) is 3.77. The minimum atomic E-state index is -0.512. The Morgan fingerprint density at radius 2 is 1.97 bits per heavy atom. The summed E-state index contributed by atoms with van der Waals surface area (Å²) in [6.45, 7) is 7.44. The average Bonchev–Trinajstić information content (AvgIpc) is 3.28. The molecular weight excluding hydrogens is 453 g/mol. The molecule has 10 nitrogen and oxygen atoms in total. The van der Waals surface area contributed by atoms with Gasteiger partial charge in [-0.15, -0.1) is 0 Å². The summed E-state index contributed by atoms with van der Waals surface area (Å²) >= 11 is 0. The van der Waals surface area contributed by atoms with E-state index in [9.17, 15) is 9.18 Å². The van der Waals surface area contributed by atoms with Crippen molar-refractivity contribution in [1.29, 1.82) is 0 Å². The summed E-state index contributed by atoms with van der Waals surface area (Å²) in [5.74, 6) is -0.107. The van der Waals surface area contributed by atoms with Crippen LogP contribution in [0.15, 0.2) is 47.5 Å². The van der Waals surface area contributed by atoms with E-state index in [0.717, 1.165) is 39.1 Å². The maximum atomic E-state index is 14.7. The fourth-order valence-electron chi connectivity index (χ4n) is 3.77. The van der Waals surface area contributed by atoms with E-state index < -0.39 is 11.7 Å². The average molecular weight is 484 g/mol. The molecule has 35 heavy (non-hydrogen) atoms. The molecule has 0 aliphatic carbocycles. The lowest BCUT2D eigenvalue weighted by Crippen LogP contribution is -2.44. The van der Waals surface area contributed by atoms with Crippen LogP contribution >= 0.6 is 0 Å². The third-order valence-corrected chi connectivity index (χ3v) is 5.72. The first kappa shape index (κ1) is 24.6. The zero-order valence-corrected chi connectivity index (χ0v) is 20.0. The molecule has 0 atom stereocenters. The first-order valence-electron chi connectivity index (χ1n) is 11.6. The molecule has 11 heteroatoms. The summed E-state index contributed by atoms with van der Waals surface area (Å²) in [5, 5.41) is 5.25. The number of anilines is 1. The highest BCUT2D eigenvalue weighted by atomic mass is 19.1. The molecule has 186 valence electrons. The maximum absolute atomic E-state index is 14.7. The van der Waals surface area contributed by atoms with Gasteiger partial charge in [0.1, 0.15) is 17.8 Å². The molecule has 1 aromatic carbocycles. The van der Waals surface area contributed by atoms with E-state index in [0.29, 0.717) is 23.7 Å². The lowest BCUT2D eigenvalue weighted by molar-refractivity contribution is 0.0779. The summed E-state index contributed by atoms with van der Waals surface area (Å²) in [7, 11) is 2.13. The third-order valence-electron chi connectivity index (χ3n) is 5.72. The number of nitrogens with one attached hydrogen (secondary N) is 1. The number of benzene rings is 1. The first-order valence-corrected chi connectivity index (χ1v) is 11.6. The Morgan fingerprint density at radius 1 is 1.20 bits per heavy atom. The number of hydrogen-bond acceptors (Lipinski definition) is 9. The Balaban J connectivity index is 1.36. The smallest absolute Gasteiger partial charge is 0.275 e. The lowest BCUT2D eigenvalue weighted by atomic mass is 10.2. The van der Waals surface area contributed by atoms with Crippen LogP contribution in [0.3, 0.4) is 0 Å². The molecule has 1 aliphatic heterocycles. The number of hydrogen-bond donors (Lipinski definition) is 1. The second-order valence-corrected chi connectivity index (χ2v) is 8.55. The quantitative estimate of drug-likeness (QED) is 0.344. The third kappa shape index (κ3) is 6.96. The van der Waals surface area contributed by atoms with Gasteiger partial charge in [0.05, 0.1) is 24.4 Å². The van der Waals surface area contributed by atoms with E-state index in [1.807, 2.05) is 0 Å². The molecule has 0 bridgehead atoms. The summed E-state index contributed by atoms with van der Waals surface area (Å²) in [5.41, 5.74) is 4.17. The Kier molecular flexibility index (Phi) is 8.22. The van der Waals surface area contributed by atoms with Gasteiger partial charge in [-0.25, -0.2) is 19.4 Å². The molecule has 1 N–H and O–H groups in total. The zero-order valence-electron chi connectivity index (χ0n) is 20.0. The summed E-state index contributed by atoms with van der Waals surface area (Å²) in [6, 6.07) is 6.24. The minimum Gasteiger partial charge on any atom is -0.490 e. The van der Waals surface area contributed by atoms with Gasteiger partial charge < -0.3 is 19.1 Å². The molecule has 0 saturated carbocycles. The highest BCUT2D eigenvalue weighted by Gasteiger charge is 2.20. The van der Waals surface area contributed by atoms with Crippen LogP contribution in [-0.4, -0.2) is 82.2 Å². The van der Waals surface area contributed by atoms with E-state index in [4.69, 9.17) is 9.26 Å². The standard InChI is InChI=1S/C24H30FN7O3/c1-18-12-21(29-35-18)16-32(24(33)19-14-26-17-27-15-19)28-20-4-5-23(22(25)13-20)34-11-3-6-31-9-7-30(2)8-10-31/h4-5,12-15,17,28H,3,6-11,16H2,1-2H3. The lowest BCUT2D eigenvalue weighted by Gasteiger charge is -2.32. The molecule has 0 radical (unpaired) electrons. The van der Waals surface area contributed by atoms with Crippen molar-refractivity contribution in [3.8, 4) is 5.75 Å². The summed E-state index contributed by atoms with van der Waals surface area (Å²) in [4.78, 5) is 25.5. The highest BCUT2D eigenvalue weighted by Crippen LogP contribution is 2.23. The second kappa shape index (κ2) is 11.7. The van der Waals surface area contributed by atoms with Crippen LogP contribution in [0.2, 0.25) is 0 Å². The number of nitrogens with zero attached hydrogens (tertiary/aromatic N) is 6. The summed E-state index contributed by atoms with van der Waals surface area (Å²) < 4.78 is 25.5. The molecule has 3 heterocycles. The second-order valence-electron chi connectivity index (χ2n) is 8.55. The molecule has 4 rings (SSSR count). The van der Waals surface area contributed by atoms with E-state index in [-0.39, 0.29) is 17.9 Å². The van der Waals surface area contributed by atoms with Crippen LogP contribution in [0, 0.1) is 12.7 Å². The van der Waals surface area contributed by atoms with Gasteiger partial charge in [-0.3, -0.25) is 10.2 Å². The van der Waals surface area contributed by atoms with Crippen molar-refractivity contribution in [3.05, 3.63) is 65.8 Å². The molecule has 1 fully saturated rings. The number of aromatic nitrogens is 3.